The molecule has 0 saturated carbocycles. The molecular formula is C22H32N2O6S. The summed E-state index contributed by atoms with van der Waals surface area (Å²) in [4.78, 5) is 26.2. The van der Waals surface area contributed by atoms with Crippen molar-refractivity contribution in [2.24, 2.45) is 0 Å². The van der Waals surface area contributed by atoms with Gasteiger partial charge in [-0.3, -0.25) is 8.98 Å². The van der Waals surface area contributed by atoms with Crippen molar-refractivity contribution in [3.05, 3.63) is 34.9 Å². The van der Waals surface area contributed by atoms with Crippen LogP contribution in [-0.4, -0.2) is 56.3 Å². The molecule has 1 aromatic carbocycles. The molecule has 172 valence electrons. The number of aryl methyl sites for hydroxylation is 1. The van der Waals surface area contributed by atoms with Gasteiger partial charge < -0.3 is 15.0 Å². The lowest BCUT2D eigenvalue weighted by Gasteiger charge is -2.32. The second kappa shape index (κ2) is 9.16. The minimum atomic E-state index is -3.75. The number of rotatable bonds is 7. The van der Waals surface area contributed by atoms with Gasteiger partial charge in [0.05, 0.1) is 12.3 Å². The predicted molar refractivity (Wildman–Crippen MR) is 116 cm³/mol. The fourth-order valence-electron chi connectivity index (χ4n) is 4.38. The van der Waals surface area contributed by atoms with Crippen LogP contribution in [0.4, 0.5) is 4.79 Å². The zero-order chi connectivity index (χ0) is 22.8. The molecule has 1 aliphatic heterocycles. The number of likely N-dealkylation sites (tertiary alicyclic amines) is 1. The number of amides is 2. The van der Waals surface area contributed by atoms with Gasteiger partial charge in [0, 0.05) is 19.5 Å². The molecule has 1 N–H and O–H groups in total. The third-order valence-corrected chi connectivity index (χ3v) is 6.07. The normalized spacial score (nSPS) is 19.9. The van der Waals surface area contributed by atoms with E-state index in [9.17, 15) is 18.0 Å². The molecular weight excluding hydrogens is 420 g/mol. The number of benzene rings is 1. The summed E-state index contributed by atoms with van der Waals surface area (Å²) in [5.74, 6) is -0.0781. The maximum absolute atomic E-state index is 12.6. The van der Waals surface area contributed by atoms with Crippen LogP contribution < -0.4 is 5.32 Å². The Morgan fingerprint density at radius 1 is 1.26 bits per heavy atom. The average Bonchev–Trinajstić information content (AvgIpc) is 3.24. The molecule has 1 aliphatic carbocycles. The summed E-state index contributed by atoms with van der Waals surface area (Å²) in [5, 5.41) is 2.66. The third kappa shape index (κ3) is 6.20. The first-order chi connectivity index (χ1) is 14.4. The minimum absolute atomic E-state index is 0.0781. The van der Waals surface area contributed by atoms with E-state index in [2.05, 4.69) is 11.4 Å². The van der Waals surface area contributed by atoms with Gasteiger partial charge in [0.15, 0.2) is 0 Å². The van der Waals surface area contributed by atoms with Crippen molar-refractivity contribution < 1.29 is 26.9 Å². The Hall–Kier alpha value is -2.13. The van der Waals surface area contributed by atoms with E-state index in [-0.39, 0.29) is 19.0 Å². The Kier molecular flexibility index (Phi) is 6.95. The standard InChI is InChI=1S/C22H32N2O6S/c1-22(2,3)29-21(26)23-13-14-24-18(11-12-19(24)25)20(30-31(4,27)28)17-10-6-8-15-7-5-9-16(15)17/h6,8,10,18,20H,5,7,9,11-14H2,1-4H3,(H,23,26). The van der Waals surface area contributed by atoms with Crippen molar-refractivity contribution in [3.63, 3.8) is 0 Å². The molecule has 1 heterocycles. The fraction of sp³-hybridized carbons (Fsp3) is 0.636. The molecule has 0 aromatic heterocycles. The van der Waals surface area contributed by atoms with E-state index in [4.69, 9.17) is 8.92 Å². The van der Waals surface area contributed by atoms with E-state index in [0.717, 1.165) is 36.6 Å². The van der Waals surface area contributed by atoms with E-state index in [1.807, 2.05) is 12.1 Å². The van der Waals surface area contributed by atoms with Gasteiger partial charge in [0.1, 0.15) is 11.7 Å². The number of nitrogens with one attached hydrogen (secondary N) is 1. The van der Waals surface area contributed by atoms with Gasteiger partial charge in [0.25, 0.3) is 10.1 Å². The molecule has 2 aliphatic rings. The summed E-state index contributed by atoms with van der Waals surface area (Å²) in [6.45, 7) is 5.78. The highest BCUT2D eigenvalue weighted by atomic mass is 32.2. The summed E-state index contributed by atoms with van der Waals surface area (Å²) >= 11 is 0. The van der Waals surface area contributed by atoms with Crippen LogP contribution in [0.2, 0.25) is 0 Å². The quantitative estimate of drug-likeness (QED) is 0.638. The summed E-state index contributed by atoms with van der Waals surface area (Å²) in [6.07, 6.45) is 3.37. The molecule has 3 rings (SSSR count). The van der Waals surface area contributed by atoms with Crippen molar-refractivity contribution in [2.45, 2.75) is 70.6 Å². The molecule has 31 heavy (non-hydrogen) atoms. The van der Waals surface area contributed by atoms with Crippen molar-refractivity contribution in [1.29, 1.82) is 0 Å². The number of carbonyl (C=O) groups excluding carboxylic acids is 2. The van der Waals surface area contributed by atoms with Crippen LogP contribution >= 0.6 is 0 Å². The monoisotopic (exact) mass is 452 g/mol. The number of carbonyl (C=O) groups is 2. The van der Waals surface area contributed by atoms with Gasteiger partial charge in [-0.2, -0.15) is 8.42 Å². The zero-order valence-electron chi connectivity index (χ0n) is 18.6. The van der Waals surface area contributed by atoms with Gasteiger partial charge in [0.2, 0.25) is 5.91 Å². The Labute approximate surface area is 184 Å². The third-order valence-electron chi connectivity index (χ3n) is 5.51. The van der Waals surface area contributed by atoms with E-state index in [1.54, 1.807) is 25.7 Å². The average molecular weight is 453 g/mol. The van der Waals surface area contributed by atoms with Crippen molar-refractivity contribution in [2.75, 3.05) is 19.3 Å². The molecule has 2 amide bonds. The molecule has 9 heteroatoms. The summed E-state index contributed by atoms with van der Waals surface area (Å²) in [7, 11) is -3.75. The first-order valence-corrected chi connectivity index (χ1v) is 12.5. The Morgan fingerprint density at radius 2 is 2.00 bits per heavy atom. The number of nitrogens with zero attached hydrogens (tertiary/aromatic N) is 1. The van der Waals surface area contributed by atoms with Crippen molar-refractivity contribution >= 4 is 22.1 Å². The predicted octanol–water partition coefficient (Wildman–Crippen LogP) is 2.71. The highest BCUT2D eigenvalue weighted by molar-refractivity contribution is 7.86. The fourth-order valence-corrected chi connectivity index (χ4v) is 4.99. The number of hydrogen-bond donors (Lipinski definition) is 1. The van der Waals surface area contributed by atoms with Gasteiger partial charge in [-0.15, -0.1) is 0 Å². The molecule has 2 unspecified atom stereocenters. The summed E-state index contributed by atoms with van der Waals surface area (Å²) in [5.41, 5.74) is 2.56. The number of fused-ring (bicyclic) bond motifs is 1. The molecule has 8 nitrogen and oxygen atoms in total. The minimum Gasteiger partial charge on any atom is -0.444 e. The maximum atomic E-state index is 12.6. The van der Waals surface area contributed by atoms with Crippen LogP contribution in [0.1, 0.15) is 62.8 Å². The summed E-state index contributed by atoms with van der Waals surface area (Å²) in [6, 6.07) is 5.46. The lowest BCUT2D eigenvalue weighted by atomic mass is 9.93. The largest absolute Gasteiger partial charge is 0.444 e. The second-order valence-electron chi connectivity index (χ2n) is 9.18. The summed E-state index contributed by atoms with van der Waals surface area (Å²) < 4.78 is 35.0. The number of alkyl carbamates (subject to hydrolysis) is 1. The zero-order valence-corrected chi connectivity index (χ0v) is 19.5. The van der Waals surface area contributed by atoms with Crippen LogP contribution in [0.25, 0.3) is 0 Å². The highest BCUT2D eigenvalue weighted by Gasteiger charge is 2.40. The van der Waals surface area contributed by atoms with Crippen LogP contribution in [-0.2, 0) is 36.7 Å². The Bertz CT molecular complexity index is 938. The maximum Gasteiger partial charge on any atom is 0.407 e. The van der Waals surface area contributed by atoms with Gasteiger partial charge in [-0.25, -0.2) is 4.79 Å². The van der Waals surface area contributed by atoms with E-state index < -0.39 is 34.0 Å². The molecule has 0 radical (unpaired) electrons. The number of hydrogen-bond acceptors (Lipinski definition) is 6. The first-order valence-electron chi connectivity index (χ1n) is 10.7. The Balaban J connectivity index is 1.79. The molecule has 0 spiro atoms. The topological polar surface area (TPSA) is 102 Å². The van der Waals surface area contributed by atoms with Gasteiger partial charge in [-0.05, 0) is 63.1 Å². The van der Waals surface area contributed by atoms with E-state index in [0.29, 0.717) is 12.8 Å². The molecule has 0 bridgehead atoms. The second-order valence-corrected chi connectivity index (χ2v) is 10.8. The first kappa shape index (κ1) is 23.5. The molecule has 1 aromatic rings. The SMILES string of the molecule is CC(C)(C)OC(=O)NCCN1C(=O)CCC1C(OS(C)(=O)=O)c1cccc2c1CCC2. The molecule has 1 saturated heterocycles. The van der Waals surface area contributed by atoms with E-state index >= 15 is 0 Å². The smallest absolute Gasteiger partial charge is 0.407 e. The molecule has 1 fully saturated rings. The number of ether oxygens (including phenoxy) is 1. The lowest BCUT2D eigenvalue weighted by molar-refractivity contribution is -0.130. The Morgan fingerprint density at radius 3 is 2.68 bits per heavy atom. The highest BCUT2D eigenvalue weighted by Crippen LogP contribution is 2.38. The lowest BCUT2D eigenvalue weighted by Crippen LogP contribution is -2.44. The van der Waals surface area contributed by atoms with Crippen LogP contribution in [0.15, 0.2) is 18.2 Å². The van der Waals surface area contributed by atoms with Gasteiger partial charge >= 0.3 is 6.09 Å². The van der Waals surface area contributed by atoms with Crippen molar-refractivity contribution in [3.8, 4) is 0 Å². The van der Waals surface area contributed by atoms with Crippen LogP contribution in [0.5, 0.6) is 0 Å². The van der Waals surface area contributed by atoms with Gasteiger partial charge in [-0.1, -0.05) is 18.2 Å². The molecule has 2 atom stereocenters. The van der Waals surface area contributed by atoms with Crippen molar-refractivity contribution in [1.82, 2.24) is 10.2 Å². The van der Waals surface area contributed by atoms with Crippen LogP contribution in [0, 0.1) is 0 Å². The van der Waals surface area contributed by atoms with E-state index in [1.165, 1.54) is 5.56 Å². The van der Waals surface area contributed by atoms with Crippen LogP contribution in [0.3, 0.4) is 0 Å².